The van der Waals surface area contributed by atoms with Gasteiger partial charge in [-0.25, -0.2) is 13.2 Å². The van der Waals surface area contributed by atoms with Gasteiger partial charge in [0.2, 0.25) is 0 Å². The number of phenolic OH excluding ortho intramolecular Hbond substituents is 1. The highest BCUT2D eigenvalue weighted by Crippen LogP contribution is 2.76. The van der Waals surface area contributed by atoms with Crippen molar-refractivity contribution in [2.24, 2.45) is 34.0 Å². The number of unbranched alkanes of at least 4 members (excludes halogenated alkanes) is 6. The van der Waals surface area contributed by atoms with Crippen molar-refractivity contribution in [2.75, 3.05) is 7.11 Å². The van der Waals surface area contributed by atoms with Crippen molar-refractivity contribution >= 4 is 21.5 Å². The number of benzene rings is 1. The number of phenols is 1. The minimum atomic E-state index is -6.62. The number of aldehydes is 1. The minimum absolute atomic E-state index is 0.115. The molecule has 0 bridgehead atoms. The van der Waals surface area contributed by atoms with E-state index in [1.165, 1.54) is 49.7 Å². The van der Waals surface area contributed by atoms with Crippen LogP contribution in [0.2, 0.25) is 0 Å². The molecule has 0 radical (unpaired) electrons. The predicted octanol–water partition coefficient (Wildman–Crippen LogP) is 10.8. The molecule has 3 N–H and O–H groups in total. The fourth-order valence-corrected chi connectivity index (χ4v) is 10.8. The number of aliphatic hydroxyl groups is 1. The van der Waals surface area contributed by atoms with Gasteiger partial charge in [0.15, 0.2) is 0 Å². The smallest absolute Gasteiger partial charge is 0.457 e. The number of alkyl halides is 8. The zero-order valence-electron chi connectivity index (χ0n) is 30.6. The Kier molecular flexibility index (Phi) is 13.4. The zero-order chi connectivity index (χ0) is 39.7. The molecule has 53 heavy (non-hydrogen) atoms. The number of hydrogen-bond acceptors (Lipinski definition) is 4. The van der Waals surface area contributed by atoms with Crippen LogP contribution in [0.4, 0.5) is 35.1 Å². The second-order valence-corrected chi connectivity index (χ2v) is 17.3. The van der Waals surface area contributed by atoms with Crippen LogP contribution in [0, 0.1) is 34.0 Å². The first-order valence-corrected chi connectivity index (χ1v) is 19.5. The molecule has 0 heterocycles. The zero-order valence-corrected chi connectivity index (χ0v) is 31.8. The van der Waals surface area contributed by atoms with Gasteiger partial charge in [0.05, 0.1) is 0 Å². The molecule has 7 unspecified atom stereocenters. The summed E-state index contributed by atoms with van der Waals surface area (Å²) in [5.41, 5.74) is 1.19. The van der Waals surface area contributed by atoms with Crippen molar-refractivity contribution in [3.8, 4) is 5.75 Å². The van der Waals surface area contributed by atoms with Crippen LogP contribution in [0.3, 0.4) is 0 Å². The Balaban J connectivity index is 0.00000308. The van der Waals surface area contributed by atoms with E-state index in [1.807, 2.05) is 12.1 Å². The van der Waals surface area contributed by atoms with E-state index in [4.69, 9.17) is 5.11 Å². The summed E-state index contributed by atoms with van der Waals surface area (Å²) in [4.78, 5) is 23.7. The van der Waals surface area contributed by atoms with Gasteiger partial charge < -0.3 is 20.1 Å². The summed E-state index contributed by atoms with van der Waals surface area (Å²) in [5, 5.41) is 21.4. The van der Waals surface area contributed by atoms with Crippen molar-refractivity contribution in [1.82, 2.24) is 0 Å². The number of aliphatic hydroxyl groups excluding tert-OH is 1. The van der Waals surface area contributed by atoms with Gasteiger partial charge in [0, 0.05) is 13.5 Å². The van der Waals surface area contributed by atoms with E-state index in [0.717, 1.165) is 51.6 Å². The van der Waals surface area contributed by atoms with Gasteiger partial charge in [0.25, 0.3) is 11.3 Å². The van der Waals surface area contributed by atoms with Crippen LogP contribution in [0.5, 0.6) is 5.75 Å². The Morgan fingerprint density at radius 3 is 2.04 bits per heavy atom. The topological polar surface area (TPSA) is 94.8 Å². The van der Waals surface area contributed by atoms with Crippen molar-refractivity contribution < 1.29 is 60.0 Å². The number of halogens is 8. The Bertz CT molecular complexity index is 1430. The molecule has 5 rings (SSSR count). The number of rotatable bonds is 17. The van der Waals surface area contributed by atoms with Gasteiger partial charge in [-0.2, -0.15) is 22.0 Å². The molecule has 4 aliphatic carbocycles. The predicted molar refractivity (Wildman–Crippen MR) is 188 cm³/mol. The summed E-state index contributed by atoms with van der Waals surface area (Å²) >= 11 is 0. The van der Waals surface area contributed by atoms with Gasteiger partial charge in [0.1, 0.15) is 17.5 Å². The number of carbonyl (C=O) groups excluding carboxylic acids is 1. The Morgan fingerprint density at radius 2 is 1.47 bits per heavy atom. The molecule has 5 nitrogen and oxygen atoms in total. The second kappa shape index (κ2) is 16.2. The molecule has 1 spiro atoms. The maximum Gasteiger partial charge on any atom is 0.457 e. The molecule has 4 aliphatic rings. The number of hydrogen-bond donors (Lipinski definition) is 3. The fourth-order valence-electron chi connectivity index (χ4n) is 10.5. The van der Waals surface area contributed by atoms with Crippen LogP contribution in [0.15, 0.2) is 18.2 Å². The molecular formula is C39H55F8O5P. The molecule has 3 fully saturated rings. The third-order valence-electron chi connectivity index (χ3n) is 13.9. The van der Waals surface area contributed by atoms with Crippen LogP contribution in [-0.4, -0.2) is 58.1 Å². The SMILES string of the molecule is CC12CCC3c4ccc(O)cc4C[C@@H](CCCCCCCCCC(C=O)(CCC(F)(F)C(F)(P)C(F)(F)C(F)(F)F)C(=O)O)C3C1CCC21CC1.CO. The highest BCUT2D eigenvalue weighted by molar-refractivity contribution is 7.19. The van der Waals surface area contributed by atoms with Crippen LogP contribution in [0.25, 0.3) is 0 Å². The van der Waals surface area contributed by atoms with Crippen molar-refractivity contribution in [1.29, 1.82) is 0 Å². The summed E-state index contributed by atoms with van der Waals surface area (Å²) in [5.74, 6) is -10.8. The molecule has 1 aromatic carbocycles. The van der Waals surface area contributed by atoms with Crippen LogP contribution in [-0.2, 0) is 16.0 Å². The molecule has 0 aliphatic heterocycles. The normalized spacial score (nSPS) is 28.4. The van der Waals surface area contributed by atoms with E-state index in [-0.39, 0.29) is 21.9 Å². The molecule has 0 saturated heterocycles. The largest absolute Gasteiger partial charge is 0.508 e. The molecular weight excluding hydrogens is 731 g/mol. The summed E-state index contributed by atoms with van der Waals surface area (Å²) in [6.45, 7) is 2.56. The molecule has 302 valence electrons. The van der Waals surface area contributed by atoms with Crippen molar-refractivity contribution in [2.45, 2.75) is 152 Å². The van der Waals surface area contributed by atoms with E-state index in [9.17, 15) is 54.9 Å². The summed E-state index contributed by atoms with van der Waals surface area (Å²) in [7, 11) is 1.23. The Labute approximate surface area is 309 Å². The summed E-state index contributed by atoms with van der Waals surface area (Å²) in [6, 6.07) is 5.92. The number of fused-ring (bicyclic) bond motifs is 6. The standard InChI is InChI=1S/C38H51F8O4P.CH4O/c1-32-15-12-28-27-11-10-26(48)22-25(27)21-24(30(28)29(32)13-16-34(32)18-19-34)9-7-5-3-2-4-6-8-14-33(23-47,31(49)50)17-20-35(39,40)37(43,51)36(41,42)38(44,45)46;1-2/h10-11,22-24,28-30,48H,2-9,12-21,51H2,1H3,(H,49,50);2H,1H3/t24-,28?,29?,30?,32?,33?,37?;/m1./s1. The van der Waals surface area contributed by atoms with Gasteiger partial charge in [-0.15, -0.1) is 0 Å². The molecule has 3 saturated carbocycles. The maximum absolute atomic E-state index is 14.4. The van der Waals surface area contributed by atoms with Crippen LogP contribution in [0.1, 0.15) is 133 Å². The number of carbonyl (C=O) groups is 2. The van der Waals surface area contributed by atoms with E-state index in [2.05, 4.69) is 13.0 Å². The van der Waals surface area contributed by atoms with E-state index in [0.29, 0.717) is 47.2 Å². The minimum Gasteiger partial charge on any atom is -0.508 e. The molecule has 0 amide bonds. The lowest BCUT2D eigenvalue weighted by Gasteiger charge is -2.54. The average molecular weight is 787 g/mol. The summed E-state index contributed by atoms with van der Waals surface area (Å²) in [6.07, 6.45) is 4.49. The molecule has 1 aromatic rings. The Hall–Kier alpha value is -2.01. The lowest BCUT2D eigenvalue weighted by atomic mass is 9.50. The van der Waals surface area contributed by atoms with Gasteiger partial charge in [-0.3, -0.25) is 4.79 Å². The third-order valence-corrected chi connectivity index (χ3v) is 14.6. The highest BCUT2D eigenvalue weighted by atomic mass is 31.0. The van der Waals surface area contributed by atoms with E-state index in [1.54, 1.807) is 0 Å². The van der Waals surface area contributed by atoms with Gasteiger partial charge in [-0.1, -0.05) is 67.2 Å². The van der Waals surface area contributed by atoms with Gasteiger partial charge in [-0.05, 0) is 122 Å². The molecule has 8 atom stereocenters. The highest BCUT2D eigenvalue weighted by Gasteiger charge is 2.77. The average Bonchev–Trinajstić information content (AvgIpc) is 3.84. The quantitative estimate of drug-likeness (QED) is 0.0481. The van der Waals surface area contributed by atoms with E-state index >= 15 is 0 Å². The number of aromatic hydroxyl groups is 1. The summed E-state index contributed by atoms with van der Waals surface area (Å²) < 4.78 is 108. The monoisotopic (exact) mass is 786 g/mol. The molecule has 0 aromatic heterocycles. The first-order chi connectivity index (χ1) is 24.7. The number of aliphatic carboxylic acids is 1. The first kappa shape index (κ1) is 43.7. The fraction of sp³-hybridized carbons (Fsp3) is 0.795. The number of carboxylic acids is 1. The van der Waals surface area contributed by atoms with Crippen LogP contribution >= 0.6 is 9.24 Å². The van der Waals surface area contributed by atoms with Gasteiger partial charge >= 0.3 is 18.1 Å². The third kappa shape index (κ3) is 8.13. The van der Waals surface area contributed by atoms with Crippen molar-refractivity contribution in [3.63, 3.8) is 0 Å². The van der Waals surface area contributed by atoms with E-state index < -0.39 is 54.1 Å². The van der Waals surface area contributed by atoms with Crippen molar-refractivity contribution in [3.05, 3.63) is 29.3 Å². The maximum atomic E-state index is 14.4. The number of carboxylic acid groups (broad SMARTS) is 1. The lowest BCUT2D eigenvalue weighted by Crippen LogP contribution is -2.60. The lowest BCUT2D eigenvalue weighted by molar-refractivity contribution is -0.338. The first-order valence-electron chi connectivity index (χ1n) is 19.0. The second-order valence-electron chi connectivity index (χ2n) is 16.5. The van der Waals surface area contributed by atoms with Crippen LogP contribution < -0.4 is 0 Å². The Morgan fingerprint density at radius 1 is 0.868 bits per heavy atom. The molecule has 14 heteroatoms.